The molecule has 4 atom stereocenters. The van der Waals surface area contributed by atoms with Crippen LogP contribution in [0.4, 0.5) is 5.69 Å². The van der Waals surface area contributed by atoms with Crippen molar-refractivity contribution in [2.75, 3.05) is 5.32 Å². The van der Waals surface area contributed by atoms with Crippen LogP contribution in [0.2, 0.25) is 0 Å². The summed E-state index contributed by atoms with van der Waals surface area (Å²) in [5.41, 5.74) is 2.02. The number of carbonyl (C=O) groups is 2. The molecule has 2 aliphatic rings. The molecule has 5 rings (SSSR count). The lowest BCUT2D eigenvalue weighted by Crippen LogP contribution is -2.39. The highest BCUT2D eigenvalue weighted by atomic mass is 16.5. The fraction of sp³-hybridized carbons (Fsp3) is 0.200. The van der Waals surface area contributed by atoms with Gasteiger partial charge in [-0.15, -0.1) is 0 Å². The molecule has 0 unspecified atom stereocenters. The Balaban J connectivity index is 1.45. The van der Waals surface area contributed by atoms with Gasteiger partial charge in [-0.05, 0) is 18.2 Å². The molecule has 1 amide bonds. The Morgan fingerprint density at radius 2 is 1.65 bits per heavy atom. The Labute approximate surface area is 148 Å². The van der Waals surface area contributed by atoms with Gasteiger partial charge in [0.2, 0.25) is 5.91 Å². The van der Waals surface area contributed by atoms with E-state index in [1.807, 2.05) is 30.3 Å². The second kappa shape index (κ2) is 5.44. The van der Waals surface area contributed by atoms with Crippen molar-refractivity contribution < 1.29 is 23.8 Å². The van der Waals surface area contributed by atoms with Gasteiger partial charge in [0.1, 0.15) is 17.1 Å². The number of amides is 1. The lowest BCUT2D eigenvalue weighted by molar-refractivity contribution is -0.145. The van der Waals surface area contributed by atoms with E-state index in [0.717, 1.165) is 16.4 Å². The number of carbonyl (C=O) groups excluding carboxylic acids is 1. The minimum Gasteiger partial charge on any atom is -0.481 e. The molecule has 2 aliphatic heterocycles. The highest BCUT2D eigenvalue weighted by Gasteiger charge is 2.53. The molecule has 0 saturated carbocycles. The van der Waals surface area contributed by atoms with E-state index >= 15 is 0 Å². The van der Waals surface area contributed by atoms with Crippen molar-refractivity contribution in [2.45, 2.75) is 12.2 Å². The fourth-order valence-corrected chi connectivity index (χ4v) is 3.94. The number of nitrogens with one attached hydrogen (secondary N) is 1. The van der Waals surface area contributed by atoms with Crippen molar-refractivity contribution in [1.29, 1.82) is 0 Å². The van der Waals surface area contributed by atoms with E-state index in [2.05, 4.69) is 5.32 Å². The van der Waals surface area contributed by atoms with Gasteiger partial charge >= 0.3 is 5.97 Å². The fourth-order valence-electron chi connectivity index (χ4n) is 3.94. The minimum absolute atomic E-state index is 0.357. The van der Waals surface area contributed by atoms with Crippen molar-refractivity contribution >= 4 is 39.5 Å². The average Bonchev–Trinajstić information content (AvgIpc) is 3.33. The van der Waals surface area contributed by atoms with Crippen molar-refractivity contribution in [1.82, 2.24) is 0 Å². The van der Waals surface area contributed by atoms with Crippen LogP contribution < -0.4 is 5.32 Å². The molecule has 3 heterocycles. The number of fused-ring (bicyclic) bond motifs is 5. The first-order valence-electron chi connectivity index (χ1n) is 8.40. The maximum absolute atomic E-state index is 12.7. The van der Waals surface area contributed by atoms with E-state index in [0.29, 0.717) is 11.3 Å². The summed E-state index contributed by atoms with van der Waals surface area (Å²) in [6.45, 7) is 0. The Kier molecular flexibility index (Phi) is 3.17. The van der Waals surface area contributed by atoms with Crippen molar-refractivity contribution in [2.24, 2.45) is 11.8 Å². The number of hydrogen-bond donors (Lipinski definition) is 2. The summed E-state index contributed by atoms with van der Waals surface area (Å²) < 4.78 is 11.4. The Morgan fingerprint density at radius 1 is 0.923 bits per heavy atom. The summed E-state index contributed by atoms with van der Waals surface area (Å²) >= 11 is 0. The molecule has 0 aliphatic carbocycles. The van der Waals surface area contributed by atoms with Crippen LogP contribution in [0.1, 0.15) is 0 Å². The van der Waals surface area contributed by atoms with Crippen molar-refractivity contribution in [3.8, 4) is 0 Å². The molecule has 1 aromatic heterocycles. The quantitative estimate of drug-likeness (QED) is 0.709. The first kappa shape index (κ1) is 15.2. The van der Waals surface area contributed by atoms with E-state index < -0.39 is 30.0 Å². The lowest BCUT2D eigenvalue weighted by Gasteiger charge is -2.20. The lowest BCUT2D eigenvalue weighted by atomic mass is 9.82. The van der Waals surface area contributed by atoms with Gasteiger partial charge in [-0.1, -0.05) is 30.4 Å². The zero-order chi connectivity index (χ0) is 17.8. The Morgan fingerprint density at radius 3 is 2.46 bits per heavy atom. The first-order valence-corrected chi connectivity index (χ1v) is 8.40. The number of furan rings is 1. The number of para-hydroxylation sites is 1. The van der Waals surface area contributed by atoms with Crippen LogP contribution in [-0.2, 0) is 14.3 Å². The zero-order valence-corrected chi connectivity index (χ0v) is 13.6. The van der Waals surface area contributed by atoms with E-state index in [4.69, 9.17) is 9.15 Å². The monoisotopic (exact) mass is 349 g/mol. The number of aliphatic carboxylic acids is 1. The first-order chi connectivity index (χ1) is 12.6. The molecular formula is C20H15NO5. The molecule has 2 N–H and O–H groups in total. The van der Waals surface area contributed by atoms with Crippen LogP contribution in [0.3, 0.4) is 0 Å². The van der Waals surface area contributed by atoms with Gasteiger partial charge in [-0.25, -0.2) is 0 Å². The van der Waals surface area contributed by atoms with E-state index in [1.165, 1.54) is 0 Å². The van der Waals surface area contributed by atoms with Gasteiger partial charge < -0.3 is 19.6 Å². The Bertz CT molecular complexity index is 1080. The van der Waals surface area contributed by atoms with Gasteiger partial charge in [0.15, 0.2) is 0 Å². The number of hydrogen-bond acceptors (Lipinski definition) is 4. The second-order valence-electron chi connectivity index (χ2n) is 6.64. The summed E-state index contributed by atoms with van der Waals surface area (Å²) in [6.07, 6.45) is 2.45. The van der Waals surface area contributed by atoms with Gasteiger partial charge in [-0.2, -0.15) is 0 Å². The van der Waals surface area contributed by atoms with E-state index in [9.17, 15) is 14.7 Å². The largest absolute Gasteiger partial charge is 0.481 e. The average molecular weight is 349 g/mol. The normalized spacial score (nSPS) is 26.6. The van der Waals surface area contributed by atoms with Gasteiger partial charge in [0.05, 0.1) is 18.1 Å². The molecule has 26 heavy (non-hydrogen) atoms. The van der Waals surface area contributed by atoms with Crippen LogP contribution in [-0.4, -0.2) is 29.2 Å². The number of carboxylic acids is 1. The smallest absolute Gasteiger partial charge is 0.310 e. The highest BCUT2D eigenvalue weighted by Crippen LogP contribution is 2.40. The standard InChI is InChI=1S/C20H15NO5/c22-19(17-14-7-8-15(26-14)18(17)20(23)24)21-10-5-6-12-11-3-1-2-4-13(11)25-16(12)9-10/h1-9,14-15,17-18H,(H,21,22)(H,23,24)/t14-,15-,17+,18+/m1/s1. The predicted octanol–water partition coefficient (Wildman–Crippen LogP) is 3.18. The molecule has 1 saturated heterocycles. The number of anilines is 1. The molecule has 0 radical (unpaired) electrons. The topological polar surface area (TPSA) is 88.8 Å². The van der Waals surface area contributed by atoms with Gasteiger partial charge in [0.25, 0.3) is 0 Å². The summed E-state index contributed by atoms with van der Waals surface area (Å²) in [5.74, 6) is -2.98. The summed E-state index contributed by atoms with van der Waals surface area (Å²) in [6, 6.07) is 13.2. The van der Waals surface area contributed by atoms with Crippen LogP contribution in [0.5, 0.6) is 0 Å². The number of benzene rings is 2. The van der Waals surface area contributed by atoms with Crippen molar-refractivity contribution in [3.05, 3.63) is 54.6 Å². The Hall–Kier alpha value is -3.12. The number of ether oxygens (including phenoxy) is 1. The maximum atomic E-state index is 12.7. The molecule has 1 fully saturated rings. The number of rotatable bonds is 3. The van der Waals surface area contributed by atoms with Crippen LogP contribution in [0, 0.1) is 11.8 Å². The van der Waals surface area contributed by atoms with Crippen molar-refractivity contribution in [3.63, 3.8) is 0 Å². The van der Waals surface area contributed by atoms with Crippen LogP contribution in [0.15, 0.2) is 59.0 Å². The van der Waals surface area contributed by atoms with E-state index in [-0.39, 0.29) is 5.91 Å². The van der Waals surface area contributed by atoms with Gasteiger partial charge in [0, 0.05) is 22.5 Å². The van der Waals surface area contributed by atoms with Crippen LogP contribution >= 0.6 is 0 Å². The molecule has 2 aromatic carbocycles. The highest BCUT2D eigenvalue weighted by molar-refractivity contribution is 6.06. The molecule has 0 spiro atoms. The summed E-state index contributed by atoms with van der Waals surface area (Å²) in [7, 11) is 0. The van der Waals surface area contributed by atoms with Gasteiger partial charge in [-0.3, -0.25) is 9.59 Å². The molecular weight excluding hydrogens is 334 g/mol. The third kappa shape index (κ3) is 2.16. The second-order valence-corrected chi connectivity index (χ2v) is 6.64. The third-order valence-electron chi connectivity index (χ3n) is 5.13. The SMILES string of the molecule is O=C(O)[C@@H]1[C@@H](C(=O)Nc2ccc3c(c2)oc2ccccc23)[C@H]2C=C[C@H]1O2. The minimum atomic E-state index is -1.02. The zero-order valence-electron chi connectivity index (χ0n) is 13.6. The molecule has 3 aromatic rings. The number of carboxylic acid groups (broad SMARTS) is 1. The van der Waals surface area contributed by atoms with E-state index in [1.54, 1.807) is 24.3 Å². The molecule has 2 bridgehead atoms. The summed E-state index contributed by atoms with van der Waals surface area (Å²) in [4.78, 5) is 24.2. The predicted molar refractivity (Wildman–Crippen MR) is 94.8 cm³/mol. The summed E-state index contributed by atoms with van der Waals surface area (Å²) in [5, 5.41) is 14.2. The molecule has 6 heteroatoms. The molecule has 6 nitrogen and oxygen atoms in total. The van der Waals surface area contributed by atoms with Crippen LogP contribution in [0.25, 0.3) is 21.9 Å². The molecule has 130 valence electrons. The maximum Gasteiger partial charge on any atom is 0.310 e. The third-order valence-corrected chi connectivity index (χ3v) is 5.13.